The molecular formula is C25H19FN8O3S2. The first-order valence-electron chi connectivity index (χ1n) is 11.7. The lowest BCUT2D eigenvalue weighted by atomic mass is 10.2. The molecule has 4 N–H and O–H groups in total. The smallest absolute Gasteiger partial charge is 0.286 e. The molecule has 11 nitrogen and oxygen atoms in total. The monoisotopic (exact) mass is 562 g/mol. The van der Waals surface area contributed by atoms with Crippen LogP contribution in [0.3, 0.4) is 0 Å². The minimum atomic E-state index is -1.60. The van der Waals surface area contributed by atoms with Crippen molar-refractivity contribution in [1.29, 1.82) is 0 Å². The molecule has 0 radical (unpaired) electrons. The van der Waals surface area contributed by atoms with Gasteiger partial charge in [-0.3, -0.25) is 19.0 Å². The summed E-state index contributed by atoms with van der Waals surface area (Å²) in [5, 5.41) is 14.7. The minimum absolute atomic E-state index is 0.0386. The molecular weight excluding hydrogens is 543 g/mol. The number of nitrogen functional groups attached to an aromatic ring is 1. The van der Waals surface area contributed by atoms with Crippen molar-refractivity contribution in [2.24, 2.45) is 0 Å². The first-order chi connectivity index (χ1) is 18.9. The summed E-state index contributed by atoms with van der Waals surface area (Å²) in [5.74, 6) is -0.960. The normalized spacial score (nSPS) is 16.2. The van der Waals surface area contributed by atoms with Crippen molar-refractivity contribution in [3.63, 3.8) is 0 Å². The summed E-state index contributed by atoms with van der Waals surface area (Å²) in [4.78, 5) is 48.0. The van der Waals surface area contributed by atoms with Crippen LogP contribution in [0.25, 0.3) is 20.7 Å². The van der Waals surface area contributed by atoms with Crippen molar-refractivity contribution in [1.82, 2.24) is 30.0 Å². The van der Waals surface area contributed by atoms with E-state index in [2.05, 4.69) is 30.8 Å². The maximum Gasteiger partial charge on any atom is 0.286 e. The molecule has 14 heteroatoms. The Morgan fingerprint density at radius 1 is 1.10 bits per heavy atom. The second kappa shape index (κ2) is 9.96. The van der Waals surface area contributed by atoms with Gasteiger partial charge in [-0.1, -0.05) is 41.7 Å². The second-order valence-electron chi connectivity index (χ2n) is 8.73. The van der Waals surface area contributed by atoms with Gasteiger partial charge >= 0.3 is 0 Å². The highest BCUT2D eigenvalue weighted by Crippen LogP contribution is 2.35. The van der Waals surface area contributed by atoms with Gasteiger partial charge in [0.1, 0.15) is 28.4 Å². The van der Waals surface area contributed by atoms with Gasteiger partial charge in [0.05, 0.1) is 12.7 Å². The molecule has 2 amide bonds. The first kappa shape index (κ1) is 24.8. The summed E-state index contributed by atoms with van der Waals surface area (Å²) >= 11 is 2.51. The number of rotatable bonds is 6. The van der Waals surface area contributed by atoms with Crippen LogP contribution < -0.4 is 21.9 Å². The van der Waals surface area contributed by atoms with E-state index in [9.17, 15) is 18.8 Å². The van der Waals surface area contributed by atoms with Crippen LogP contribution in [0.1, 0.15) is 39.1 Å². The number of hydrogen-bond donors (Lipinski definition) is 3. The van der Waals surface area contributed by atoms with Gasteiger partial charge in [0.2, 0.25) is 10.9 Å². The number of carbonyl (C=O) groups is 2. The van der Waals surface area contributed by atoms with E-state index < -0.39 is 29.6 Å². The molecule has 39 heavy (non-hydrogen) atoms. The average molecular weight is 563 g/mol. The number of nitrogens with one attached hydrogen (secondary N) is 2. The standard InChI is InChI=1S/C25H19FN8O3S2/c26-15-7-17(21(35)30-10-14-6-13-9-28-19(27)8-18(13)38-14)34-20(15)29-11-16(25(34)37)31-22(36)24-33-32-23(39-24)12-4-2-1-3-5-12/h1-6,8-9,11,15,17H,7,10H2,(H2,27,28)(H,30,35)(H,31,36)/t15-,17+/m1/s1. The number of benzene rings is 1. The van der Waals surface area contributed by atoms with E-state index >= 15 is 0 Å². The molecule has 1 aliphatic heterocycles. The third-order valence-corrected chi connectivity index (χ3v) is 8.21. The number of hydrogen-bond acceptors (Lipinski definition) is 10. The topological polar surface area (TPSA) is 158 Å². The molecule has 0 bridgehead atoms. The summed E-state index contributed by atoms with van der Waals surface area (Å²) < 4.78 is 16.7. The molecule has 5 heterocycles. The van der Waals surface area contributed by atoms with E-state index in [0.717, 1.165) is 42.6 Å². The van der Waals surface area contributed by atoms with Crippen LogP contribution in [0.5, 0.6) is 0 Å². The summed E-state index contributed by atoms with van der Waals surface area (Å²) in [5.41, 5.74) is 5.60. The summed E-state index contributed by atoms with van der Waals surface area (Å²) in [7, 11) is 0. The van der Waals surface area contributed by atoms with E-state index in [1.807, 2.05) is 36.4 Å². The molecule has 2 atom stereocenters. The minimum Gasteiger partial charge on any atom is -0.384 e. The molecule has 0 saturated carbocycles. The van der Waals surface area contributed by atoms with Gasteiger partial charge in [-0.05, 0) is 12.1 Å². The highest BCUT2D eigenvalue weighted by atomic mass is 32.1. The Kier molecular flexibility index (Phi) is 6.32. The molecule has 196 valence electrons. The van der Waals surface area contributed by atoms with Crippen LogP contribution >= 0.6 is 22.7 Å². The quantitative estimate of drug-likeness (QED) is 0.284. The van der Waals surface area contributed by atoms with E-state index in [-0.39, 0.29) is 29.5 Å². The van der Waals surface area contributed by atoms with Gasteiger partial charge in [-0.25, -0.2) is 14.4 Å². The fourth-order valence-corrected chi connectivity index (χ4v) is 6.07. The third-order valence-electron chi connectivity index (χ3n) is 6.15. The molecule has 1 aliphatic rings. The molecule has 4 aromatic heterocycles. The fraction of sp³-hybridized carbons (Fsp3) is 0.160. The highest BCUT2D eigenvalue weighted by molar-refractivity contribution is 7.19. The number of alkyl halides is 1. The molecule has 0 unspecified atom stereocenters. The van der Waals surface area contributed by atoms with Crippen LogP contribution in [-0.4, -0.2) is 36.5 Å². The second-order valence-corrected chi connectivity index (χ2v) is 10.9. The number of nitrogens with two attached hydrogens (primary N) is 1. The number of halogens is 1. The lowest BCUT2D eigenvalue weighted by Crippen LogP contribution is -2.36. The van der Waals surface area contributed by atoms with Gasteiger partial charge in [0.15, 0.2) is 6.17 Å². The Morgan fingerprint density at radius 2 is 1.92 bits per heavy atom. The Labute approximate surface area is 227 Å². The number of anilines is 2. The molecule has 5 aromatic rings. The van der Waals surface area contributed by atoms with Gasteiger partial charge < -0.3 is 16.4 Å². The van der Waals surface area contributed by atoms with Gasteiger partial charge in [0, 0.05) is 33.1 Å². The number of pyridine rings is 1. The molecule has 0 fully saturated rings. The van der Waals surface area contributed by atoms with Crippen molar-refractivity contribution in [3.8, 4) is 10.6 Å². The lowest BCUT2D eigenvalue weighted by Gasteiger charge is -2.14. The van der Waals surface area contributed by atoms with Gasteiger partial charge in [-0.15, -0.1) is 21.5 Å². The van der Waals surface area contributed by atoms with Crippen LogP contribution in [0, 0.1) is 0 Å². The Morgan fingerprint density at radius 3 is 2.74 bits per heavy atom. The molecule has 0 aliphatic carbocycles. The Hall–Kier alpha value is -4.56. The predicted molar refractivity (Wildman–Crippen MR) is 145 cm³/mol. The molecule has 6 rings (SSSR count). The number of thiophene rings is 1. The zero-order valence-corrected chi connectivity index (χ0v) is 21.6. The molecule has 0 spiro atoms. The number of fused-ring (bicyclic) bond motifs is 2. The zero-order chi connectivity index (χ0) is 27.1. The summed E-state index contributed by atoms with van der Waals surface area (Å²) in [6, 6.07) is 11.7. The number of amides is 2. The SMILES string of the molecule is Nc1cc2sc(CNC(=O)[C@@H]3C[C@@H](F)c4ncc(NC(=O)c5nnc(-c6ccccc6)s5)c(=O)n43)cc2cn1. The maximum absolute atomic E-state index is 14.7. The lowest BCUT2D eigenvalue weighted by molar-refractivity contribution is -0.124. The maximum atomic E-state index is 14.7. The van der Waals surface area contributed by atoms with Crippen LogP contribution in [0.2, 0.25) is 0 Å². The third kappa shape index (κ3) is 4.75. The number of carbonyl (C=O) groups excluding carboxylic acids is 2. The van der Waals surface area contributed by atoms with Crippen molar-refractivity contribution in [3.05, 3.63) is 80.9 Å². The number of aromatic nitrogens is 5. The fourth-order valence-electron chi connectivity index (χ4n) is 4.30. The van der Waals surface area contributed by atoms with Crippen molar-refractivity contribution in [2.75, 3.05) is 11.1 Å². The van der Waals surface area contributed by atoms with Gasteiger partial charge in [-0.2, -0.15) is 0 Å². The Balaban J connectivity index is 1.19. The molecule has 1 aromatic carbocycles. The zero-order valence-electron chi connectivity index (χ0n) is 20.0. The summed E-state index contributed by atoms with van der Waals surface area (Å²) in [6.45, 7) is 0.181. The Bertz CT molecular complexity index is 1790. The van der Waals surface area contributed by atoms with Crippen molar-refractivity contribution < 1.29 is 14.0 Å². The van der Waals surface area contributed by atoms with Crippen LogP contribution in [-0.2, 0) is 11.3 Å². The summed E-state index contributed by atoms with van der Waals surface area (Å²) in [6.07, 6.45) is 0.899. The van der Waals surface area contributed by atoms with E-state index in [4.69, 9.17) is 5.73 Å². The van der Waals surface area contributed by atoms with E-state index in [1.54, 1.807) is 12.3 Å². The van der Waals surface area contributed by atoms with Crippen LogP contribution in [0.15, 0.2) is 59.7 Å². The van der Waals surface area contributed by atoms with Crippen molar-refractivity contribution in [2.45, 2.75) is 25.2 Å². The predicted octanol–water partition coefficient (Wildman–Crippen LogP) is 3.48. The van der Waals surface area contributed by atoms with E-state index in [1.165, 1.54) is 11.3 Å². The largest absolute Gasteiger partial charge is 0.384 e. The van der Waals surface area contributed by atoms with E-state index in [0.29, 0.717) is 10.8 Å². The number of nitrogens with zero attached hydrogens (tertiary/aromatic N) is 5. The first-order valence-corrected chi connectivity index (χ1v) is 13.4. The molecule has 0 saturated heterocycles. The highest BCUT2D eigenvalue weighted by Gasteiger charge is 2.38. The average Bonchev–Trinajstić information content (AvgIpc) is 3.66. The van der Waals surface area contributed by atoms with Gasteiger partial charge in [0.25, 0.3) is 11.5 Å². The van der Waals surface area contributed by atoms with Crippen molar-refractivity contribution >= 4 is 56.1 Å². The van der Waals surface area contributed by atoms with Crippen LogP contribution in [0.4, 0.5) is 15.9 Å².